The van der Waals surface area contributed by atoms with E-state index in [0.717, 1.165) is 37.8 Å². The molecular formula is C14H22N4O2. The SMILES string of the molecule is CN(CCOCC1CC1)Cc1ccnc(/C(N)=N/O)c1. The van der Waals surface area contributed by atoms with Gasteiger partial charge in [0.25, 0.3) is 0 Å². The summed E-state index contributed by atoms with van der Waals surface area (Å²) < 4.78 is 5.62. The minimum atomic E-state index is 0.0299. The number of rotatable bonds is 8. The zero-order valence-corrected chi connectivity index (χ0v) is 11.8. The first-order valence-electron chi connectivity index (χ1n) is 6.88. The third kappa shape index (κ3) is 4.79. The number of aromatic nitrogens is 1. The Morgan fingerprint density at radius 2 is 2.40 bits per heavy atom. The summed E-state index contributed by atoms with van der Waals surface area (Å²) in [6, 6.07) is 3.76. The second-order valence-corrected chi connectivity index (χ2v) is 5.29. The molecule has 1 heterocycles. The van der Waals surface area contributed by atoms with Gasteiger partial charge in [0.15, 0.2) is 5.84 Å². The smallest absolute Gasteiger partial charge is 0.188 e. The predicted molar refractivity (Wildman–Crippen MR) is 76.6 cm³/mol. The largest absolute Gasteiger partial charge is 0.409 e. The fourth-order valence-electron chi connectivity index (χ4n) is 1.91. The van der Waals surface area contributed by atoms with Gasteiger partial charge < -0.3 is 15.7 Å². The molecule has 1 aromatic heterocycles. The third-order valence-corrected chi connectivity index (χ3v) is 3.31. The van der Waals surface area contributed by atoms with Gasteiger partial charge in [-0.05, 0) is 43.5 Å². The van der Waals surface area contributed by atoms with Gasteiger partial charge in [-0.1, -0.05) is 5.16 Å². The Morgan fingerprint density at radius 1 is 1.60 bits per heavy atom. The standard InChI is InChI=1S/C14H22N4O2/c1-18(6-7-20-10-11-2-3-11)9-12-4-5-16-13(8-12)14(15)17-19/h4-5,8,11,19H,2-3,6-7,9-10H2,1H3,(H2,15,17). The van der Waals surface area contributed by atoms with Crippen LogP contribution in [-0.4, -0.2) is 47.7 Å². The summed E-state index contributed by atoms with van der Waals surface area (Å²) in [6.45, 7) is 3.32. The molecular weight excluding hydrogens is 256 g/mol. The highest BCUT2D eigenvalue weighted by molar-refractivity contribution is 5.95. The Hall–Kier alpha value is -1.66. The first-order chi connectivity index (χ1) is 9.69. The highest BCUT2D eigenvalue weighted by Crippen LogP contribution is 2.28. The van der Waals surface area contributed by atoms with E-state index < -0.39 is 0 Å². The van der Waals surface area contributed by atoms with Crippen LogP contribution in [0.1, 0.15) is 24.1 Å². The quantitative estimate of drug-likeness (QED) is 0.244. The van der Waals surface area contributed by atoms with E-state index in [-0.39, 0.29) is 5.84 Å². The second kappa shape index (κ2) is 7.21. The van der Waals surface area contributed by atoms with Gasteiger partial charge in [-0.3, -0.25) is 9.88 Å². The molecule has 1 aromatic rings. The first kappa shape index (κ1) is 14.7. The van der Waals surface area contributed by atoms with Crippen molar-refractivity contribution in [2.75, 3.05) is 26.8 Å². The lowest BCUT2D eigenvalue weighted by Gasteiger charge is -2.17. The van der Waals surface area contributed by atoms with E-state index in [2.05, 4.69) is 15.0 Å². The van der Waals surface area contributed by atoms with Gasteiger partial charge in [-0.25, -0.2) is 0 Å². The summed E-state index contributed by atoms with van der Waals surface area (Å²) in [4.78, 5) is 6.24. The Balaban J connectivity index is 1.76. The van der Waals surface area contributed by atoms with Crippen molar-refractivity contribution in [2.24, 2.45) is 16.8 Å². The second-order valence-electron chi connectivity index (χ2n) is 5.29. The molecule has 0 aliphatic heterocycles. The monoisotopic (exact) mass is 278 g/mol. The van der Waals surface area contributed by atoms with Gasteiger partial charge in [0, 0.05) is 25.9 Å². The van der Waals surface area contributed by atoms with E-state index in [1.807, 2.05) is 19.2 Å². The molecule has 6 heteroatoms. The fourth-order valence-corrected chi connectivity index (χ4v) is 1.91. The minimum Gasteiger partial charge on any atom is -0.409 e. The average molecular weight is 278 g/mol. The number of amidine groups is 1. The highest BCUT2D eigenvalue weighted by atomic mass is 16.5. The normalized spacial score (nSPS) is 15.8. The number of oxime groups is 1. The van der Waals surface area contributed by atoms with Crippen LogP contribution in [0.4, 0.5) is 0 Å². The van der Waals surface area contributed by atoms with Gasteiger partial charge in [-0.2, -0.15) is 0 Å². The van der Waals surface area contributed by atoms with Crippen LogP contribution in [-0.2, 0) is 11.3 Å². The molecule has 1 saturated carbocycles. The topological polar surface area (TPSA) is 84.0 Å². The molecule has 20 heavy (non-hydrogen) atoms. The van der Waals surface area contributed by atoms with Crippen LogP contribution in [0.3, 0.4) is 0 Å². The Labute approximate surface area is 119 Å². The van der Waals surface area contributed by atoms with Gasteiger partial charge >= 0.3 is 0 Å². The molecule has 2 rings (SSSR count). The van der Waals surface area contributed by atoms with E-state index in [4.69, 9.17) is 15.7 Å². The van der Waals surface area contributed by atoms with E-state index in [0.29, 0.717) is 5.69 Å². The lowest BCUT2D eigenvalue weighted by molar-refractivity contribution is 0.102. The fraction of sp³-hybridized carbons (Fsp3) is 0.571. The first-order valence-corrected chi connectivity index (χ1v) is 6.88. The Bertz CT molecular complexity index is 460. The lowest BCUT2D eigenvalue weighted by atomic mass is 10.2. The zero-order valence-electron chi connectivity index (χ0n) is 11.8. The number of ether oxygens (including phenoxy) is 1. The van der Waals surface area contributed by atoms with Gasteiger partial charge in [0.2, 0.25) is 0 Å². The molecule has 0 spiro atoms. The molecule has 1 fully saturated rings. The zero-order chi connectivity index (χ0) is 14.4. The number of nitrogens with zero attached hydrogens (tertiary/aromatic N) is 3. The van der Waals surface area contributed by atoms with Crippen molar-refractivity contribution in [2.45, 2.75) is 19.4 Å². The molecule has 3 N–H and O–H groups in total. The highest BCUT2D eigenvalue weighted by Gasteiger charge is 2.20. The van der Waals surface area contributed by atoms with Crippen LogP contribution in [0.15, 0.2) is 23.5 Å². The Kier molecular flexibility index (Phi) is 5.31. The molecule has 1 aliphatic rings. The van der Waals surface area contributed by atoms with Crippen LogP contribution < -0.4 is 5.73 Å². The van der Waals surface area contributed by atoms with Crippen molar-refractivity contribution in [3.05, 3.63) is 29.6 Å². The van der Waals surface area contributed by atoms with Crippen molar-refractivity contribution < 1.29 is 9.94 Å². The Morgan fingerprint density at radius 3 is 3.10 bits per heavy atom. The summed E-state index contributed by atoms with van der Waals surface area (Å²) >= 11 is 0. The summed E-state index contributed by atoms with van der Waals surface area (Å²) in [6.07, 6.45) is 4.31. The molecule has 110 valence electrons. The van der Waals surface area contributed by atoms with Crippen LogP contribution in [0, 0.1) is 5.92 Å². The van der Waals surface area contributed by atoms with Crippen LogP contribution in [0.25, 0.3) is 0 Å². The summed E-state index contributed by atoms with van der Waals surface area (Å²) in [5, 5.41) is 11.6. The molecule has 0 saturated heterocycles. The number of nitrogens with two attached hydrogens (primary N) is 1. The number of hydrogen-bond donors (Lipinski definition) is 2. The maximum atomic E-state index is 8.65. The maximum Gasteiger partial charge on any atom is 0.188 e. The van der Waals surface area contributed by atoms with Crippen molar-refractivity contribution in [1.29, 1.82) is 0 Å². The number of likely N-dealkylation sites (N-methyl/N-ethyl adjacent to an activating group) is 1. The minimum absolute atomic E-state index is 0.0299. The van der Waals surface area contributed by atoms with E-state index in [1.165, 1.54) is 12.8 Å². The van der Waals surface area contributed by atoms with Gasteiger partial charge in [-0.15, -0.1) is 0 Å². The van der Waals surface area contributed by atoms with Crippen LogP contribution in [0.2, 0.25) is 0 Å². The van der Waals surface area contributed by atoms with Crippen LogP contribution in [0.5, 0.6) is 0 Å². The molecule has 0 bridgehead atoms. The molecule has 0 unspecified atom stereocenters. The summed E-state index contributed by atoms with van der Waals surface area (Å²) in [5.41, 5.74) is 7.09. The van der Waals surface area contributed by atoms with E-state index >= 15 is 0 Å². The van der Waals surface area contributed by atoms with Crippen molar-refractivity contribution in [3.63, 3.8) is 0 Å². The predicted octanol–water partition coefficient (Wildman–Crippen LogP) is 1.03. The number of pyridine rings is 1. The van der Waals surface area contributed by atoms with E-state index in [1.54, 1.807) is 6.20 Å². The van der Waals surface area contributed by atoms with Crippen molar-refractivity contribution >= 4 is 5.84 Å². The molecule has 0 aromatic carbocycles. The van der Waals surface area contributed by atoms with E-state index in [9.17, 15) is 0 Å². The molecule has 1 aliphatic carbocycles. The lowest BCUT2D eigenvalue weighted by Crippen LogP contribution is -2.23. The summed E-state index contributed by atoms with van der Waals surface area (Å²) in [5.74, 6) is 0.839. The van der Waals surface area contributed by atoms with Gasteiger partial charge in [0.1, 0.15) is 5.69 Å². The van der Waals surface area contributed by atoms with Gasteiger partial charge in [0.05, 0.1) is 6.61 Å². The molecule has 0 atom stereocenters. The molecule has 0 amide bonds. The third-order valence-electron chi connectivity index (χ3n) is 3.31. The maximum absolute atomic E-state index is 8.65. The number of hydrogen-bond acceptors (Lipinski definition) is 5. The average Bonchev–Trinajstić information content (AvgIpc) is 3.27. The molecule has 0 radical (unpaired) electrons. The summed E-state index contributed by atoms with van der Waals surface area (Å²) in [7, 11) is 2.05. The van der Waals surface area contributed by atoms with Crippen molar-refractivity contribution in [1.82, 2.24) is 9.88 Å². The van der Waals surface area contributed by atoms with Crippen molar-refractivity contribution in [3.8, 4) is 0 Å². The molecule has 6 nitrogen and oxygen atoms in total. The van der Waals surface area contributed by atoms with Crippen LogP contribution >= 0.6 is 0 Å².